The minimum Gasteiger partial charge on any atom is -0.508 e. The zero-order chi connectivity index (χ0) is 21.2. The summed E-state index contributed by atoms with van der Waals surface area (Å²) < 4.78 is 6.19. The molecule has 1 aliphatic carbocycles. The minimum atomic E-state index is 0. The molecule has 1 fully saturated rings. The molecule has 1 saturated heterocycles. The highest BCUT2D eigenvalue weighted by Crippen LogP contribution is 2.47. The molecule has 32 heavy (non-hydrogen) atoms. The molecule has 3 aromatic rings. The first-order valence-electron chi connectivity index (χ1n) is 11.6. The van der Waals surface area contributed by atoms with Gasteiger partial charge in [0.05, 0.1) is 0 Å². The Labute approximate surface area is 197 Å². The van der Waals surface area contributed by atoms with E-state index in [1.807, 2.05) is 12.1 Å². The summed E-state index contributed by atoms with van der Waals surface area (Å²) in [6.07, 6.45) is 3.59. The van der Waals surface area contributed by atoms with E-state index in [2.05, 4.69) is 72.5 Å². The van der Waals surface area contributed by atoms with Gasteiger partial charge in [-0.2, -0.15) is 0 Å². The normalized spacial score (nSPS) is 20.7. The molecular weight excluding hydrogens is 418 g/mol. The summed E-state index contributed by atoms with van der Waals surface area (Å²) in [5, 5.41) is 10.0. The standard InChI is InChI=1S/C28H31NO2.ClH/c1-2-16-29-18-25(19-29)31-24-12-8-21(9-13-24)28-26(20-6-4-3-5-7-20)14-10-22-17-23(30)11-15-27(22)28;/h3-9,11-13,15,17,25-26,28,30H,2,10,14,16,18-19H2,1H3;1H/t26-,28+;/m1./s1. The molecule has 0 unspecified atom stereocenters. The second-order valence-corrected chi connectivity index (χ2v) is 8.99. The Bertz CT molecular complexity index is 1020. The van der Waals surface area contributed by atoms with E-state index in [0.29, 0.717) is 17.8 Å². The second kappa shape index (κ2) is 9.97. The van der Waals surface area contributed by atoms with Crippen molar-refractivity contribution >= 4 is 12.4 Å². The van der Waals surface area contributed by atoms with Gasteiger partial charge in [0.1, 0.15) is 17.6 Å². The summed E-state index contributed by atoms with van der Waals surface area (Å²) in [6, 6.07) is 25.5. The molecule has 0 radical (unpaired) electrons. The van der Waals surface area contributed by atoms with Crippen LogP contribution in [-0.2, 0) is 6.42 Å². The number of hydrogen-bond donors (Lipinski definition) is 1. The third-order valence-corrected chi connectivity index (χ3v) is 6.82. The van der Waals surface area contributed by atoms with Crippen molar-refractivity contribution in [2.45, 2.75) is 44.1 Å². The third-order valence-electron chi connectivity index (χ3n) is 6.82. The molecule has 4 heteroatoms. The Kier molecular flexibility index (Phi) is 7.07. The molecule has 1 N–H and O–H groups in total. The van der Waals surface area contributed by atoms with Crippen LogP contribution in [0.3, 0.4) is 0 Å². The smallest absolute Gasteiger partial charge is 0.124 e. The van der Waals surface area contributed by atoms with Gasteiger partial charge in [0, 0.05) is 19.0 Å². The molecule has 0 amide bonds. The molecule has 2 atom stereocenters. The number of aryl methyl sites for hydroxylation is 1. The highest BCUT2D eigenvalue weighted by atomic mass is 35.5. The van der Waals surface area contributed by atoms with Crippen LogP contribution in [0.25, 0.3) is 0 Å². The van der Waals surface area contributed by atoms with Crippen LogP contribution in [0.2, 0.25) is 0 Å². The third kappa shape index (κ3) is 4.65. The van der Waals surface area contributed by atoms with Gasteiger partial charge in [-0.15, -0.1) is 12.4 Å². The molecule has 1 aliphatic heterocycles. The molecule has 3 aromatic carbocycles. The lowest BCUT2D eigenvalue weighted by Crippen LogP contribution is -2.53. The number of rotatable bonds is 6. The number of ether oxygens (including phenoxy) is 1. The van der Waals surface area contributed by atoms with E-state index in [1.165, 1.54) is 28.7 Å². The summed E-state index contributed by atoms with van der Waals surface area (Å²) in [7, 11) is 0. The SMILES string of the molecule is CCCN1CC(Oc2ccc([C@@H]3c4ccc(O)cc4CC[C@@H]3c3ccccc3)cc2)C1.Cl. The van der Waals surface area contributed by atoms with Crippen molar-refractivity contribution < 1.29 is 9.84 Å². The van der Waals surface area contributed by atoms with Crippen LogP contribution in [0.15, 0.2) is 72.8 Å². The molecule has 0 bridgehead atoms. The lowest BCUT2D eigenvalue weighted by Gasteiger charge is -2.39. The lowest BCUT2D eigenvalue weighted by atomic mass is 9.69. The number of fused-ring (bicyclic) bond motifs is 1. The molecule has 2 aliphatic rings. The van der Waals surface area contributed by atoms with Crippen LogP contribution in [0, 0.1) is 0 Å². The maximum atomic E-state index is 10.0. The second-order valence-electron chi connectivity index (χ2n) is 8.99. The van der Waals surface area contributed by atoms with Gasteiger partial charge in [-0.25, -0.2) is 0 Å². The van der Waals surface area contributed by atoms with Crippen molar-refractivity contribution in [3.63, 3.8) is 0 Å². The molecule has 0 aromatic heterocycles. The zero-order valence-electron chi connectivity index (χ0n) is 18.6. The van der Waals surface area contributed by atoms with Crippen LogP contribution in [0.1, 0.15) is 53.9 Å². The first-order chi connectivity index (χ1) is 15.2. The van der Waals surface area contributed by atoms with E-state index in [1.54, 1.807) is 0 Å². The fourth-order valence-electron chi connectivity index (χ4n) is 5.32. The summed E-state index contributed by atoms with van der Waals surface area (Å²) in [6.45, 7) is 5.45. The van der Waals surface area contributed by atoms with E-state index < -0.39 is 0 Å². The fourth-order valence-corrected chi connectivity index (χ4v) is 5.32. The molecule has 1 heterocycles. The first-order valence-corrected chi connectivity index (χ1v) is 11.6. The lowest BCUT2D eigenvalue weighted by molar-refractivity contribution is 0.0202. The molecular formula is C28H32ClNO2. The van der Waals surface area contributed by atoms with Crippen LogP contribution in [-0.4, -0.2) is 35.7 Å². The van der Waals surface area contributed by atoms with Crippen molar-refractivity contribution in [2.75, 3.05) is 19.6 Å². The highest BCUT2D eigenvalue weighted by molar-refractivity contribution is 5.85. The van der Waals surface area contributed by atoms with Crippen LogP contribution >= 0.6 is 12.4 Å². The number of likely N-dealkylation sites (tertiary alicyclic amines) is 1. The Balaban J connectivity index is 0.00000245. The van der Waals surface area contributed by atoms with Gasteiger partial charge in [0.15, 0.2) is 0 Å². The van der Waals surface area contributed by atoms with E-state index in [9.17, 15) is 5.11 Å². The first kappa shape index (κ1) is 22.7. The van der Waals surface area contributed by atoms with Gasteiger partial charge in [0.2, 0.25) is 0 Å². The number of phenolic OH excluding ortho intramolecular Hbond substituents is 1. The molecule has 3 nitrogen and oxygen atoms in total. The van der Waals surface area contributed by atoms with Crippen molar-refractivity contribution in [1.82, 2.24) is 4.90 Å². The monoisotopic (exact) mass is 449 g/mol. The number of nitrogens with zero attached hydrogens (tertiary/aromatic N) is 1. The van der Waals surface area contributed by atoms with E-state index in [-0.39, 0.29) is 18.3 Å². The molecule has 0 spiro atoms. The average Bonchev–Trinajstić information content (AvgIpc) is 2.78. The van der Waals surface area contributed by atoms with E-state index >= 15 is 0 Å². The number of benzene rings is 3. The average molecular weight is 450 g/mol. The van der Waals surface area contributed by atoms with Crippen molar-refractivity contribution in [2.24, 2.45) is 0 Å². The zero-order valence-corrected chi connectivity index (χ0v) is 19.4. The van der Waals surface area contributed by atoms with Gasteiger partial charge in [-0.1, -0.05) is 55.5 Å². The summed E-state index contributed by atoms with van der Waals surface area (Å²) in [4.78, 5) is 2.44. The van der Waals surface area contributed by atoms with Crippen molar-refractivity contribution in [3.05, 3.63) is 95.1 Å². The summed E-state index contributed by atoms with van der Waals surface area (Å²) in [5.41, 5.74) is 5.30. The van der Waals surface area contributed by atoms with Crippen molar-refractivity contribution in [3.8, 4) is 11.5 Å². The predicted octanol–water partition coefficient (Wildman–Crippen LogP) is 6.15. The minimum absolute atomic E-state index is 0. The molecule has 168 valence electrons. The maximum absolute atomic E-state index is 10.0. The van der Waals surface area contributed by atoms with Crippen LogP contribution < -0.4 is 4.74 Å². The van der Waals surface area contributed by atoms with Crippen molar-refractivity contribution in [1.29, 1.82) is 0 Å². The number of aromatic hydroxyl groups is 1. The number of phenols is 1. The van der Waals surface area contributed by atoms with Gasteiger partial charge in [0.25, 0.3) is 0 Å². The summed E-state index contributed by atoms with van der Waals surface area (Å²) >= 11 is 0. The highest BCUT2D eigenvalue weighted by Gasteiger charge is 2.32. The largest absolute Gasteiger partial charge is 0.508 e. The predicted molar refractivity (Wildman–Crippen MR) is 132 cm³/mol. The maximum Gasteiger partial charge on any atom is 0.124 e. The Morgan fingerprint density at radius 2 is 1.69 bits per heavy atom. The summed E-state index contributed by atoms with van der Waals surface area (Å²) in [5.74, 6) is 2.03. The van der Waals surface area contributed by atoms with E-state index in [4.69, 9.17) is 4.74 Å². The Morgan fingerprint density at radius 1 is 0.938 bits per heavy atom. The fraction of sp³-hybridized carbons (Fsp3) is 0.357. The Hall–Kier alpha value is -2.49. The van der Waals surface area contributed by atoms with E-state index in [0.717, 1.165) is 38.2 Å². The molecule has 5 rings (SSSR count). The Morgan fingerprint density at radius 3 is 2.41 bits per heavy atom. The van der Waals surface area contributed by atoms with Gasteiger partial charge in [-0.05, 0) is 78.2 Å². The van der Waals surface area contributed by atoms with Gasteiger partial charge in [-0.3, -0.25) is 4.90 Å². The van der Waals surface area contributed by atoms with Crippen LogP contribution in [0.4, 0.5) is 0 Å². The topological polar surface area (TPSA) is 32.7 Å². The van der Waals surface area contributed by atoms with Gasteiger partial charge < -0.3 is 9.84 Å². The quantitative estimate of drug-likeness (QED) is 0.490. The van der Waals surface area contributed by atoms with Crippen LogP contribution in [0.5, 0.6) is 11.5 Å². The number of halogens is 1. The number of hydrogen-bond acceptors (Lipinski definition) is 3. The van der Waals surface area contributed by atoms with Gasteiger partial charge >= 0.3 is 0 Å². The molecule has 0 saturated carbocycles.